The maximum Gasteiger partial charge on any atom is 0.242 e. The fraction of sp³-hybridized carbons (Fsp3) is 0.167. The Balaban J connectivity index is 1.74. The molecule has 7 heteroatoms. The Morgan fingerprint density at radius 3 is 2.76 bits per heavy atom. The molecule has 1 unspecified atom stereocenters. The first-order chi connectivity index (χ1) is 12.2. The predicted octanol–water partition coefficient (Wildman–Crippen LogP) is 4.57. The molecule has 128 valence electrons. The van der Waals surface area contributed by atoms with E-state index in [4.69, 9.17) is 0 Å². The summed E-state index contributed by atoms with van der Waals surface area (Å²) < 4.78 is 1.03. The first kappa shape index (κ1) is 18.1. The van der Waals surface area contributed by atoms with E-state index in [1.54, 1.807) is 28.5 Å². The van der Waals surface area contributed by atoms with E-state index in [9.17, 15) is 4.79 Å². The van der Waals surface area contributed by atoms with Gasteiger partial charge in [0.25, 0.3) is 0 Å². The Kier molecular flexibility index (Phi) is 6.23. The van der Waals surface area contributed by atoms with Crippen LogP contribution in [-0.2, 0) is 11.2 Å². The Labute approximate surface area is 163 Å². The molecule has 4 nitrogen and oxygen atoms in total. The number of thiophene rings is 1. The van der Waals surface area contributed by atoms with Gasteiger partial charge in [0.05, 0.1) is 11.5 Å². The molecule has 1 aromatic heterocycles. The third kappa shape index (κ3) is 4.68. The van der Waals surface area contributed by atoms with Crippen molar-refractivity contribution in [2.24, 2.45) is 10.2 Å². The second kappa shape index (κ2) is 8.60. The molecule has 0 bridgehead atoms. The summed E-state index contributed by atoms with van der Waals surface area (Å²) >= 11 is 6.48. The van der Waals surface area contributed by atoms with Gasteiger partial charge in [-0.25, -0.2) is 0 Å². The van der Waals surface area contributed by atoms with E-state index >= 15 is 0 Å². The minimum absolute atomic E-state index is 0.0536. The zero-order valence-corrected chi connectivity index (χ0v) is 16.6. The number of halogens is 1. The normalized spacial score (nSPS) is 19.2. The summed E-state index contributed by atoms with van der Waals surface area (Å²) in [5, 5.41) is 10.8. The fourth-order valence-electron chi connectivity index (χ4n) is 2.35. The van der Waals surface area contributed by atoms with E-state index in [1.807, 2.05) is 41.8 Å². The van der Waals surface area contributed by atoms with Crippen molar-refractivity contribution >= 4 is 56.3 Å². The van der Waals surface area contributed by atoms with Gasteiger partial charge in [-0.2, -0.15) is 5.10 Å². The van der Waals surface area contributed by atoms with Crippen LogP contribution in [0.15, 0.2) is 69.1 Å². The average molecular weight is 434 g/mol. The van der Waals surface area contributed by atoms with Crippen LogP contribution in [0.25, 0.3) is 0 Å². The first-order valence-corrected chi connectivity index (χ1v) is 10.2. The fourth-order valence-corrected chi connectivity index (χ4v) is 4.34. The highest BCUT2D eigenvalue weighted by Gasteiger charge is 2.37. The first-order valence-electron chi connectivity index (χ1n) is 7.65. The number of thioether (sulfide) groups is 1. The molecule has 0 aliphatic carbocycles. The maximum atomic E-state index is 12.7. The molecule has 3 rings (SSSR count). The molecule has 1 amide bonds. The summed E-state index contributed by atoms with van der Waals surface area (Å²) in [7, 11) is 0. The number of benzene rings is 1. The maximum absolute atomic E-state index is 12.7. The van der Waals surface area contributed by atoms with Crippen molar-refractivity contribution in [2.75, 3.05) is 6.54 Å². The lowest BCUT2D eigenvalue weighted by Crippen LogP contribution is -2.32. The van der Waals surface area contributed by atoms with E-state index in [0.29, 0.717) is 18.1 Å². The summed E-state index contributed by atoms with van der Waals surface area (Å²) in [6.45, 7) is 4.17. The number of rotatable bonds is 6. The molecule has 0 spiro atoms. The van der Waals surface area contributed by atoms with E-state index in [1.165, 1.54) is 11.8 Å². The van der Waals surface area contributed by atoms with Crippen LogP contribution in [0.3, 0.4) is 0 Å². The van der Waals surface area contributed by atoms with Crippen LogP contribution in [-0.4, -0.2) is 34.0 Å². The van der Waals surface area contributed by atoms with Crippen LogP contribution in [0.2, 0.25) is 0 Å². The number of carbonyl (C=O) groups is 1. The third-order valence-corrected chi connectivity index (χ3v) is 6.04. The molecule has 25 heavy (non-hydrogen) atoms. The summed E-state index contributed by atoms with van der Waals surface area (Å²) in [5.74, 6) is 0.0536. The lowest BCUT2D eigenvalue weighted by Gasteiger charge is -2.12. The van der Waals surface area contributed by atoms with Gasteiger partial charge in [0.1, 0.15) is 0 Å². The Hall–Kier alpha value is -1.70. The third-order valence-electron chi connectivity index (χ3n) is 3.54. The van der Waals surface area contributed by atoms with Gasteiger partial charge in [0.15, 0.2) is 5.17 Å². The quantitative estimate of drug-likeness (QED) is 0.380. The van der Waals surface area contributed by atoms with Crippen molar-refractivity contribution in [3.63, 3.8) is 0 Å². The summed E-state index contributed by atoms with van der Waals surface area (Å²) in [6.07, 6.45) is 4.08. The molecule has 0 saturated carbocycles. The van der Waals surface area contributed by atoms with Gasteiger partial charge >= 0.3 is 0 Å². The highest BCUT2D eigenvalue weighted by Crippen LogP contribution is 2.30. The van der Waals surface area contributed by atoms with Crippen molar-refractivity contribution in [2.45, 2.75) is 11.7 Å². The molecule has 2 aromatic rings. The van der Waals surface area contributed by atoms with E-state index in [0.717, 1.165) is 14.9 Å². The Morgan fingerprint density at radius 2 is 2.08 bits per heavy atom. The molecule has 1 atom stereocenters. The monoisotopic (exact) mass is 433 g/mol. The molecule has 0 N–H and O–H groups in total. The topological polar surface area (TPSA) is 45.0 Å². The molecule has 2 heterocycles. The Morgan fingerprint density at radius 1 is 1.28 bits per heavy atom. The minimum Gasteiger partial charge on any atom is -0.285 e. The highest BCUT2D eigenvalue weighted by molar-refractivity contribution is 9.10. The van der Waals surface area contributed by atoms with Gasteiger partial charge < -0.3 is 0 Å². The lowest BCUT2D eigenvalue weighted by atomic mass is 10.1. The zero-order chi connectivity index (χ0) is 17.6. The number of nitrogens with zero attached hydrogens (tertiary/aromatic N) is 3. The van der Waals surface area contributed by atoms with Crippen molar-refractivity contribution in [1.82, 2.24) is 4.90 Å². The Bertz CT molecular complexity index is 800. The second-order valence-corrected chi connectivity index (χ2v) is 8.38. The molecule has 1 aliphatic heterocycles. The van der Waals surface area contributed by atoms with Crippen molar-refractivity contribution in [3.8, 4) is 0 Å². The summed E-state index contributed by atoms with van der Waals surface area (Å²) in [4.78, 5) is 15.4. The van der Waals surface area contributed by atoms with Gasteiger partial charge in [-0.3, -0.25) is 9.69 Å². The average Bonchev–Trinajstić information content (AvgIpc) is 3.21. The SMILES string of the molecule is C=CCN1C(=O)C(Cc2ccc(Br)cc2)S/C1=N\N=C\c1cccs1. The number of amides is 1. The van der Waals surface area contributed by atoms with Crippen LogP contribution >= 0.6 is 39.0 Å². The molecular weight excluding hydrogens is 418 g/mol. The van der Waals surface area contributed by atoms with E-state index in [2.05, 4.69) is 32.7 Å². The summed E-state index contributed by atoms with van der Waals surface area (Å²) in [5.41, 5.74) is 1.12. The number of amidine groups is 1. The van der Waals surface area contributed by atoms with Crippen LogP contribution in [0.1, 0.15) is 10.4 Å². The van der Waals surface area contributed by atoms with E-state index in [-0.39, 0.29) is 11.2 Å². The minimum atomic E-state index is -0.184. The number of hydrogen-bond donors (Lipinski definition) is 0. The summed E-state index contributed by atoms with van der Waals surface area (Å²) in [6, 6.07) is 12.0. The van der Waals surface area contributed by atoms with Gasteiger partial charge in [-0.1, -0.05) is 52.0 Å². The number of hydrogen-bond acceptors (Lipinski definition) is 5. The van der Waals surface area contributed by atoms with Crippen LogP contribution in [0.4, 0.5) is 0 Å². The van der Waals surface area contributed by atoms with Gasteiger partial charge in [-0.05, 0) is 35.6 Å². The second-order valence-electron chi connectivity index (χ2n) is 5.32. The molecule has 1 aromatic carbocycles. The zero-order valence-electron chi connectivity index (χ0n) is 13.3. The van der Waals surface area contributed by atoms with Gasteiger partial charge in [0.2, 0.25) is 5.91 Å². The molecular formula is C18H16BrN3OS2. The van der Waals surface area contributed by atoms with Gasteiger partial charge in [-0.15, -0.1) is 23.0 Å². The van der Waals surface area contributed by atoms with Gasteiger partial charge in [0, 0.05) is 15.9 Å². The van der Waals surface area contributed by atoms with Crippen molar-refractivity contribution in [3.05, 3.63) is 69.3 Å². The number of carbonyl (C=O) groups excluding carboxylic acids is 1. The van der Waals surface area contributed by atoms with Crippen LogP contribution in [0, 0.1) is 0 Å². The van der Waals surface area contributed by atoms with Crippen LogP contribution in [0.5, 0.6) is 0 Å². The molecule has 1 aliphatic rings. The molecule has 1 saturated heterocycles. The largest absolute Gasteiger partial charge is 0.285 e. The standard InChI is InChI=1S/C18H16BrN3OS2/c1-2-9-22-17(23)16(11-13-5-7-14(19)8-6-13)25-18(22)21-20-12-15-4-3-10-24-15/h2-8,10,12,16H,1,9,11H2/b20-12+,21-18-. The van der Waals surface area contributed by atoms with E-state index < -0.39 is 0 Å². The van der Waals surface area contributed by atoms with Crippen LogP contribution < -0.4 is 0 Å². The molecule has 0 radical (unpaired) electrons. The highest BCUT2D eigenvalue weighted by atomic mass is 79.9. The smallest absolute Gasteiger partial charge is 0.242 e. The molecule has 1 fully saturated rings. The lowest BCUT2D eigenvalue weighted by molar-refractivity contribution is -0.125. The van der Waals surface area contributed by atoms with Crippen molar-refractivity contribution < 1.29 is 4.79 Å². The predicted molar refractivity (Wildman–Crippen MR) is 110 cm³/mol. The van der Waals surface area contributed by atoms with Crippen molar-refractivity contribution in [1.29, 1.82) is 0 Å².